The fraction of sp³-hybridized carbons (Fsp3) is 0.506. The Labute approximate surface area is 686 Å². The zero-order valence-electron chi connectivity index (χ0n) is 72.0. The molecule has 0 aliphatic heterocycles. The molecule has 634 valence electrons. The van der Waals surface area contributed by atoms with Crippen molar-refractivity contribution in [3.8, 4) is 0 Å². The second-order valence-electron chi connectivity index (χ2n) is 30.5. The van der Waals surface area contributed by atoms with E-state index < -0.39 is 0 Å². The van der Waals surface area contributed by atoms with E-state index in [1.54, 1.807) is 85.7 Å². The van der Waals surface area contributed by atoms with E-state index in [9.17, 15) is 67.1 Å². The second-order valence-corrected chi connectivity index (χ2v) is 34.8. The van der Waals surface area contributed by atoms with Gasteiger partial charge in [0.2, 0.25) is 5.71 Å². The van der Waals surface area contributed by atoms with Crippen molar-refractivity contribution < 1.29 is 4.42 Å². The monoisotopic (exact) mass is 1690 g/mol. The van der Waals surface area contributed by atoms with Crippen LogP contribution in [0.5, 0.6) is 0 Å². The maximum atomic E-state index is 12.2. The Kier molecular flexibility index (Phi) is 28.2. The molecule has 0 N–H and O–H groups in total. The molecular weight excluding hydrogens is 1580 g/mol. The third kappa shape index (κ3) is 16.4. The first-order valence-corrected chi connectivity index (χ1v) is 40.6. The number of rotatable bonds is 7. The van der Waals surface area contributed by atoms with E-state index in [1.807, 2.05) is 83.1 Å². The molecule has 14 aromatic heterocycles. The molecule has 0 amide bonds. The molecule has 117 heavy (non-hydrogen) atoms. The minimum Gasteiger partial charge on any atom is -0.444 e. The Balaban J connectivity index is 0.000000188. The lowest BCUT2D eigenvalue weighted by molar-refractivity contribution is 0.531. The highest BCUT2D eigenvalue weighted by atomic mass is 32.1. The summed E-state index contributed by atoms with van der Waals surface area (Å²) < 4.78 is 31.6. The van der Waals surface area contributed by atoms with Crippen LogP contribution in [0.2, 0.25) is 0 Å². The second kappa shape index (κ2) is 35.5. The van der Waals surface area contributed by atoms with Crippen LogP contribution in [0, 0.1) is 27.7 Å². The molecule has 0 bridgehead atoms. The fourth-order valence-electron chi connectivity index (χ4n) is 14.3. The highest BCUT2D eigenvalue weighted by Gasteiger charge is 2.26. The van der Waals surface area contributed by atoms with Gasteiger partial charge in [0.15, 0.2) is 16.8 Å². The van der Waals surface area contributed by atoms with Crippen LogP contribution in [0.25, 0.3) is 74.2 Å². The van der Waals surface area contributed by atoms with Crippen LogP contribution in [0.1, 0.15) is 187 Å². The Morgan fingerprint density at radius 1 is 0.368 bits per heavy atom. The average molecular weight is 1690 g/mol. The molecule has 0 atom stereocenters. The topological polar surface area (TPSA) is 370 Å². The van der Waals surface area contributed by atoms with Crippen LogP contribution in [-0.4, -0.2) is 87.6 Å². The number of furan rings is 1. The number of imidazole rings is 1. The number of aryl methyl sites for hydroxylation is 13. The van der Waals surface area contributed by atoms with Crippen molar-refractivity contribution in [2.24, 2.45) is 106 Å². The van der Waals surface area contributed by atoms with Crippen LogP contribution in [0.15, 0.2) is 77.9 Å². The van der Waals surface area contributed by atoms with Gasteiger partial charge >= 0.3 is 39.8 Å². The number of fused-ring (bicyclic) bond motifs is 7. The highest BCUT2D eigenvalue weighted by Crippen LogP contribution is 2.35. The number of aromatic nitrogens is 19. The maximum Gasteiger partial charge on any atom is 0.333 e. The lowest BCUT2D eigenvalue weighted by Gasteiger charge is -2.08. The van der Waals surface area contributed by atoms with Gasteiger partial charge in [-0.3, -0.25) is 102 Å². The number of thiophene rings is 3. The van der Waals surface area contributed by atoms with Crippen LogP contribution >= 0.6 is 45.5 Å². The molecule has 0 aliphatic carbocycles. The van der Waals surface area contributed by atoms with E-state index >= 15 is 0 Å². The molecular formula is C79H109N19O15S4. The lowest BCUT2D eigenvalue weighted by Crippen LogP contribution is -2.37. The van der Waals surface area contributed by atoms with Crippen molar-refractivity contribution in [2.45, 2.75) is 167 Å². The molecule has 0 spiro atoms. The molecule has 14 rings (SSSR count). The van der Waals surface area contributed by atoms with Gasteiger partial charge in [-0.1, -0.05) is 83.6 Å². The summed E-state index contributed by atoms with van der Waals surface area (Å²) in [5, 5.41) is 7.98. The smallest absolute Gasteiger partial charge is 0.333 e. The van der Waals surface area contributed by atoms with Crippen molar-refractivity contribution >= 4 is 120 Å². The van der Waals surface area contributed by atoms with Gasteiger partial charge in [-0.15, -0.1) is 34.0 Å². The van der Waals surface area contributed by atoms with E-state index in [0.29, 0.717) is 65.4 Å². The summed E-state index contributed by atoms with van der Waals surface area (Å²) in [6, 6.07) is 0.134. The van der Waals surface area contributed by atoms with E-state index in [4.69, 9.17) is 4.42 Å². The van der Waals surface area contributed by atoms with Gasteiger partial charge in [-0.05, 0) is 106 Å². The average Bonchev–Trinajstić information content (AvgIpc) is 1.62. The number of hydrogen-bond acceptors (Lipinski definition) is 22. The van der Waals surface area contributed by atoms with Crippen molar-refractivity contribution in [2.75, 3.05) is 0 Å². The molecule has 0 radical (unpaired) electrons. The van der Waals surface area contributed by atoms with Gasteiger partial charge in [0.05, 0.1) is 39.3 Å². The number of hydrogen-bond donors (Lipinski definition) is 0. The summed E-state index contributed by atoms with van der Waals surface area (Å²) in [5.74, 6) is 1.81. The summed E-state index contributed by atoms with van der Waals surface area (Å²) in [5.41, 5.74) is 3.53. The third-order valence-corrected chi connectivity index (χ3v) is 25.5. The predicted molar refractivity (Wildman–Crippen MR) is 471 cm³/mol. The molecule has 38 heteroatoms. The fourth-order valence-corrected chi connectivity index (χ4v) is 19.0. The molecule has 14 aromatic rings. The highest BCUT2D eigenvalue weighted by molar-refractivity contribution is 7.19. The van der Waals surface area contributed by atoms with Crippen LogP contribution < -0.4 is 78.7 Å². The lowest BCUT2D eigenvalue weighted by atomic mass is 10.0. The van der Waals surface area contributed by atoms with Gasteiger partial charge in [0.1, 0.15) is 35.9 Å². The first-order valence-electron chi connectivity index (χ1n) is 37.4. The SMILES string of the molecule is C.CC(C)c1c2c(=O)n(C)c(=O)n(C)c2nn1C.CC(C)c1nsc2c1c(=O)n(C)c(=O)n2C.CC(C)n1cnc2c1c(=O)n(C)c(=O)n2C.CCc1sc2c(c1C)c(=O)n(C)c(=O)n2C.Cc1oc2c(c1C(C)C)c(=O)n(C)c(=O)n2C.Cc1sc2c(c1C(C)C)c(=O)n(C)c(=O)n2C.Cc1sc2c(c1C(C)C)c(=O)n(C)c(=O)n2C. The quantitative estimate of drug-likeness (QED) is 0.149. The van der Waals surface area contributed by atoms with Crippen LogP contribution in [-0.2, 0) is 112 Å². The van der Waals surface area contributed by atoms with Gasteiger partial charge in [0.25, 0.3) is 38.9 Å². The van der Waals surface area contributed by atoms with Crippen molar-refractivity contribution in [1.82, 2.24) is 87.6 Å². The summed E-state index contributed by atoms with van der Waals surface area (Å²) in [7, 11) is 23.9. The van der Waals surface area contributed by atoms with E-state index in [0.717, 1.165) is 82.6 Å². The van der Waals surface area contributed by atoms with E-state index in [2.05, 4.69) is 49.1 Å². The van der Waals surface area contributed by atoms with Gasteiger partial charge in [0, 0.05) is 132 Å². The third-order valence-electron chi connectivity index (χ3n) is 20.6. The molecule has 0 saturated carbocycles. The molecule has 34 nitrogen and oxygen atoms in total. The van der Waals surface area contributed by atoms with E-state index in [-0.39, 0.29) is 122 Å². The van der Waals surface area contributed by atoms with Crippen molar-refractivity contribution in [3.63, 3.8) is 0 Å². The molecule has 0 saturated heterocycles. The minimum atomic E-state index is -0.369. The van der Waals surface area contributed by atoms with Gasteiger partial charge in [-0.25, -0.2) is 38.5 Å². The Morgan fingerprint density at radius 3 is 1.11 bits per heavy atom. The normalized spacial score (nSPS) is 11.5. The van der Waals surface area contributed by atoms with Crippen LogP contribution in [0.4, 0.5) is 0 Å². The Hall–Kier alpha value is -11.0. The van der Waals surface area contributed by atoms with Crippen LogP contribution in [0.3, 0.4) is 0 Å². The largest absolute Gasteiger partial charge is 0.444 e. The number of nitrogens with zero attached hydrogens (tertiary/aromatic N) is 19. The Morgan fingerprint density at radius 2 is 0.718 bits per heavy atom. The zero-order chi connectivity index (χ0) is 87.7. The van der Waals surface area contributed by atoms with Crippen molar-refractivity contribution in [1.29, 1.82) is 0 Å². The Bertz CT molecular complexity index is 6590. The summed E-state index contributed by atoms with van der Waals surface area (Å²) >= 11 is 5.78. The first-order chi connectivity index (χ1) is 53.8. The zero-order valence-corrected chi connectivity index (χ0v) is 75.3. The first kappa shape index (κ1) is 93.2. The van der Waals surface area contributed by atoms with Gasteiger partial charge in [-0.2, -0.15) is 9.47 Å². The molecule has 0 aromatic carbocycles. The summed E-state index contributed by atoms with van der Waals surface area (Å²) in [4.78, 5) is 177. The molecule has 0 fully saturated rings. The maximum absolute atomic E-state index is 12.2. The van der Waals surface area contributed by atoms with E-state index in [1.165, 1.54) is 132 Å². The predicted octanol–water partition coefficient (Wildman–Crippen LogP) is 7.45. The van der Waals surface area contributed by atoms with Crippen molar-refractivity contribution in [3.05, 3.63) is 206 Å². The minimum absolute atomic E-state index is 0. The molecule has 14 heterocycles. The standard InChI is InChI=1S/C12H16N2O3.2C12H16N2O2S.C11H16N4O2.C11H14N2O2S.C10H14N4O2.C10H13N3O2S.CH4/c3*1-6(2)8-7(3)17-11-9(8)10(15)13(4)12(16)14(11)5;1-6(2)8-7-9(12-15(8)5)13(3)11(17)14(4)10(7)16;1-5-7-6(2)8-9(14)12(3)11(15)13(4)10(8)16-7;1-6(2)14-5-11-8-7(14)9(15)13(4)10(16)12(8)3;1-5(2)7-6-8(14)12(3)10(15)13(4)9(6)16-11-7;/h4*6H,1-5H3;5H2,1-4H3;5-6H,1-4H3;5H,1-4H3;1H4. The summed E-state index contributed by atoms with van der Waals surface area (Å²) in [6.45, 7) is 34.0. The molecule has 0 aliphatic rings. The molecule has 0 unspecified atom stereocenters. The summed E-state index contributed by atoms with van der Waals surface area (Å²) in [6.07, 6.45) is 2.48. The van der Waals surface area contributed by atoms with Gasteiger partial charge < -0.3 is 8.98 Å².